The van der Waals surface area contributed by atoms with E-state index in [0.717, 1.165) is 19.1 Å². The summed E-state index contributed by atoms with van der Waals surface area (Å²) in [6.45, 7) is 8.75. The van der Waals surface area contributed by atoms with E-state index in [1.165, 1.54) is 39.0 Å². The first-order valence-electron chi connectivity index (χ1n) is 5.81. The molecule has 1 fully saturated rings. The lowest BCUT2D eigenvalue weighted by Crippen LogP contribution is -2.26. The maximum Gasteiger partial charge on any atom is 0.0478 e. The number of hydrogen-bond donors (Lipinski definition) is 1. The van der Waals surface area contributed by atoms with Crippen molar-refractivity contribution in [1.82, 2.24) is 10.2 Å². The van der Waals surface area contributed by atoms with E-state index in [0.29, 0.717) is 0 Å². The van der Waals surface area contributed by atoms with E-state index in [9.17, 15) is 0 Å². The molecule has 3 heteroatoms. The standard InChI is InChI=1S/C11H24N2O/c1-3-14-8-4-6-13-7-5-11(10-13)9-12-2/h11-12H,3-10H2,1-2H3. The lowest BCUT2D eigenvalue weighted by atomic mass is 10.1. The first-order valence-corrected chi connectivity index (χ1v) is 5.81. The minimum absolute atomic E-state index is 0.850. The van der Waals surface area contributed by atoms with Crippen LogP contribution in [0.1, 0.15) is 19.8 Å². The van der Waals surface area contributed by atoms with Gasteiger partial charge in [-0.3, -0.25) is 0 Å². The molecule has 1 N–H and O–H groups in total. The SMILES string of the molecule is CCOCCCN1CCC(CNC)C1. The fourth-order valence-corrected chi connectivity index (χ4v) is 2.11. The Labute approximate surface area is 87.8 Å². The van der Waals surface area contributed by atoms with Crippen LogP contribution in [0, 0.1) is 5.92 Å². The molecule has 3 nitrogen and oxygen atoms in total. The van der Waals surface area contributed by atoms with Crippen molar-refractivity contribution in [3.63, 3.8) is 0 Å². The molecule has 0 aliphatic carbocycles. The summed E-state index contributed by atoms with van der Waals surface area (Å²) < 4.78 is 5.33. The van der Waals surface area contributed by atoms with E-state index in [-0.39, 0.29) is 0 Å². The fraction of sp³-hybridized carbons (Fsp3) is 1.00. The first kappa shape index (κ1) is 12.0. The Hall–Kier alpha value is -0.120. The molecule has 0 radical (unpaired) electrons. The van der Waals surface area contributed by atoms with Crippen LogP contribution < -0.4 is 5.32 Å². The van der Waals surface area contributed by atoms with Crippen LogP contribution in [0.25, 0.3) is 0 Å². The van der Waals surface area contributed by atoms with Gasteiger partial charge in [0.25, 0.3) is 0 Å². The maximum atomic E-state index is 5.33. The van der Waals surface area contributed by atoms with E-state index < -0.39 is 0 Å². The third-order valence-electron chi connectivity index (χ3n) is 2.83. The zero-order chi connectivity index (χ0) is 10.2. The molecule has 0 spiro atoms. The largest absolute Gasteiger partial charge is 0.382 e. The van der Waals surface area contributed by atoms with Crippen molar-refractivity contribution in [1.29, 1.82) is 0 Å². The summed E-state index contributed by atoms with van der Waals surface area (Å²) in [6, 6.07) is 0. The molecule has 1 heterocycles. The summed E-state index contributed by atoms with van der Waals surface area (Å²) in [5.41, 5.74) is 0. The molecular weight excluding hydrogens is 176 g/mol. The number of rotatable bonds is 7. The van der Waals surface area contributed by atoms with Crippen LogP contribution in [0.3, 0.4) is 0 Å². The van der Waals surface area contributed by atoms with Crippen LogP contribution in [-0.2, 0) is 4.74 Å². The van der Waals surface area contributed by atoms with Crippen molar-refractivity contribution in [2.45, 2.75) is 19.8 Å². The highest BCUT2D eigenvalue weighted by Crippen LogP contribution is 2.15. The molecule has 1 saturated heterocycles. The van der Waals surface area contributed by atoms with Gasteiger partial charge in [-0.05, 0) is 45.8 Å². The molecule has 0 amide bonds. The first-order chi connectivity index (χ1) is 6.86. The van der Waals surface area contributed by atoms with Crippen molar-refractivity contribution in [3.05, 3.63) is 0 Å². The van der Waals surface area contributed by atoms with Gasteiger partial charge in [-0.15, -0.1) is 0 Å². The zero-order valence-electron chi connectivity index (χ0n) is 9.59. The zero-order valence-corrected chi connectivity index (χ0v) is 9.59. The van der Waals surface area contributed by atoms with Gasteiger partial charge in [0, 0.05) is 26.3 Å². The van der Waals surface area contributed by atoms with Crippen molar-refractivity contribution < 1.29 is 4.74 Å². The molecule has 14 heavy (non-hydrogen) atoms. The van der Waals surface area contributed by atoms with E-state index in [1.54, 1.807) is 0 Å². The molecule has 84 valence electrons. The van der Waals surface area contributed by atoms with E-state index in [4.69, 9.17) is 4.74 Å². The van der Waals surface area contributed by atoms with Crippen LogP contribution >= 0.6 is 0 Å². The van der Waals surface area contributed by atoms with Gasteiger partial charge in [0.05, 0.1) is 0 Å². The highest BCUT2D eigenvalue weighted by Gasteiger charge is 2.20. The summed E-state index contributed by atoms with van der Waals surface area (Å²) >= 11 is 0. The van der Waals surface area contributed by atoms with Crippen molar-refractivity contribution in [3.8, 4) is 0 Å². The minimum Gasteiger partial charge on any atom is -0.382 e. The third-order valence-corrected chi connectivity index (χ3v) is 2.83. The van der Waals surface area contributed by atoms with E-state index in [2.05, 4.69) is 17.1 Å². The summed E-state index contributed by atoms with van der Waals surface area (Å²) in [7, 11) is 2.04. The predicted molar refractivity (Wildman–Crippen MR) is 59.6 cm³/mol. The molecule has 1 rings (SSSR count). The maximum absolute atomic E-state index is 5.33. The van der Waals surface area contributed by atoms with Crippen LogP contribution in [0.5, 0.6) is 0 Å². The second kappa shape index (κ2) is 7.21. The van der Waals surface area contributed by atoms with Crippen LogP contribution in [0.2, 0.25) is 0 Å². The summed E-state index contributed by atoms with van der Waals surface area (Å²) in [5.74, 6) is 0.868. The molecular formula is C11H24N2O. The molecule has 0 aromatic rings. The fourth-order valence-electron chi connectivity index (χ4n) is 2.11. The Morgan fingerprint density at radius 3 is 3.07 bits per heavy atom. The Bertz CT molecular complexity index is 141. The Morgan fingerprint density at radius 1 is 1.50 bits per heavy atom. The number of ether oxygens (including phenoxy) is 1. The van der Waals surface area contributed by atoms with Crippen LogP contribution in [0.4, 0.5) is 0 Å². The Morgan fingerprint density at radius 2 is 2.36 bits per heavy atom. The number of nitrogens with zero attached hydrogens (tertiary/aromatic N) is 1. The average Bonchev–Trinajstić information content (AvgIpc) is 2.61. The summed E-state index contributed by atoms with van der Waals surface area (Å²) in [6.07, 6.45) is 2.54. The van der Waals surface area contributed by atoms with Crippen molar-refractivity contribution >= 4 is 0 Å². The van der Waals surface area contributed by atoms with Gasteiger partial charge >= 0.3 is 0 Å². The van der Waals surface area contributed by atoms with E-state index in [1.807, 2.05) is 7.05 Å². The second-order valence-corrected chi connectivity index (χ2v) is 4.06. The topological polar surface area (TPSA) is 24.5 Å². The predicted octanol–water partition coefficient (Wildman–Crippen LogP) is 0.954. The minimum atomic E-state index is 0.850. The molecule has 1 unspecified atom stereocenters. The Balaban J connectivity index is 1.98. The molecule has 0 aromatic heterocycles. The highest BCUT2D eigenvalue weighted by atomic mass is 16.5. The lowest BCUT2D eigenvalue weighted by molar-refractivity contribution is 0.135. The quantitative estimate of drug-likeness (QED) is 0.619. The molecule has 0 saturated carbocycles. The number of likely N-dealkylation sites (tertiary alicyclic amines) is 1. The Kier molecular flexibility index (Phi) is 6.15. The molecule has 0 aromatic carbocycles. The van der Waals surface area contributed by atoms with Crippen LogP contribution in [0.15, 0.2) is 0 Å². The van der Waals surface area contributed by atoms with Crippen molar-refractivity contribution in [2.75, 3.05) is 46.4 Å². The van der Waals surface area contributed by atoms with Gasteiger partial charge in [-0.2, -0.15) is 0 Å². The van der Waals surface area contributed by atoms with Crippen LogP contribution in [-0.4, -0.2) is 51.3 Å². The monoisotopic (exact) mass is 200 g/mol. The molecule has 1 aliphatic heterocycles. The smallest absolute Gasteiger partial charge is 0.0478 e. The van der Waals surface area contributed by atoms with Crippen molar-refractivity contribution in [2.24, 2.45) is 5.92 Å². The average molecular weight is 200 g/mol. The molecule has 1 aliphatic rings. The van der Waals surface area contributed by atoms with Gasteiger partial charge in [0.15, 0.2) is 0 Å². The summed E-state index contributed by atoms with van der Waals surface area (Å²) in [4.78, 5) is 2.56. The highest BCUT2D eigenvalue weighted by molar-refractivity contribution is 4.76. The van der Waals surface area contributed by atoms with Gasteiger partial charge < -0.3 is 15.0 Å². The number of hydrogen-bond acceptors (Lipinski definition) is 3. The normalized spacial score (nSPS) is 23.1. The number of nitrogens with one attached hydrogen (secondary N) is 1. The van der Waals surface area contributed by atoms with Gasteiger partial charge in [-0.1, -0.05) is 0 Å². The second-order valence-electron chi connectivity index (χ2n) is 4.06. The van der Waals surface area contributed by atoms with Gasteiger partial charge in [0.1, 0.15) is 0 Å². The van der Waals surface area contributed by atoms with E-state index >= 15 is 0 Å². The molecule has 0 bridgehead atoms. The lowest BCUT2D eigenvalue weighted by Gasteiger charge is -2.15. The summed E-state index contributed by atoms with van der Waals surface area (Å²) in [5, 5.41) is 3.26. The third kappa shape index (κ3) is 4.40. The van der Waals surface area contributed by atoms with Gasteiger partial charge in [-0.25, -0.2) is 0 Å². The molecule has 1 atom stereocenters. The van der Waals surface area contributed by atoms with Gasteiger partial charge in [0.2, 0.25) is 0 Å².